The Balaban J connectivity index is 0. The lowest BCUT2D eigenvalue weighted by molar-refractivity contribution is -0.140. The van der Waals surface area contributed by atoms with E-state index in [1.54, 1.807) is 6.92 Å². The highest BCUT2D eigenvalue weighted by molar-refractivity contribution is 5.88. The van der Waals surface area contributed by atoms with E-state index in [0.717, 1.165) is 12.8 Å². The summed E-state index contributed by atoms with van der Waals surface area (Å²) in [6.07, 6.45) is 1.79. The fourth-order valence-corrected chi connectivity index (χ4v) is 1.45. The van der Waals surface area contributed by atoms with E-state index in [1.807, 2.05) is 34.6 Å². The van der Waals surface area contributed by atoms with Gasteiger partial charge in [0, 0.05) is 6.54 Å². The van der Waals surface area contributed by atoms with E-state index in [9.17, 15) is 9.59 Å². The van der Waals surface area contributed by atoms with Gasteiger partial charge >= 0.3 is 0 Å². The maximum Gasteiger partial charge on any atom is 0.240 e. The van der Waals surface area contributed by atoms with Gasteiger partial charge in [-0.25, -0.2) is 0 Å². The summed E-state index contributed by atoms with van der Waals surface area (Å²) in [4.78, 5) is 24.8. The third kappa shape index (κ3) is 7.15. The molecule has 5 heteroatoms. The van der Waals surface area contributed by atoms with Gasteiger partial charge in [-0.2, -0.15) is 0 Å². The highest BCUT2D eigenvalue weighted by Gasteiger charge is 2.28. The fourth-order valence-electron chi connectivity index (χ4n) is 1.45. The monoisotopic (exact) mass is 273 g/mol. The molecule has 0 aromatic rings. The minimum atomic E-state index is -0.598. The van der Waals surface area contributed by atoms with Gasteiger partial charge in [0.25, 0.3) is 0 Å². The summed E-state index contributed by atoms with van der Waals surface area (Å²) in [7, 11) is 0. The van der Waals surface area contributed by atoms with Gasteiger partial charge in [0.2, 0.25) is 11.8 Å². The Hall–Kier alpha value is -1.10. The van der Waals surface area contributed by atoms with E-state index in [2.05, 4.69) is 0 Å². The summed E-state index contributed by atoms with van der Waals surface area (Å²) in [6.45, 7) is 12.0. The molecule has 0 aromatic heterocycles. The zero-order chi connectivity index (χ0) is 15.6. The van der Waals surface area contributed by atoms with E-state index in [4.69, 9.17) is 11.5 Å². The van der Waals surface area contributed by atoms with Gasteiger partial charge in [0.1, 0.15) is 6.04 Å². The van der Waals surface area contributed by atoms with Crippen molar-refractivity contribution >= 4 is 11.8 Å². The van der Waals surface area contributed by atoms with Crippen molar-refractivity contribution in [2.75, 3.05) is 6.54 Å². The average Bonchev–Trinajstić information content (AvgIpc) is 2.39. The standard InChI is InChI=1S/C12H25N3O2.C2H6/c1-5-6-7-15(9(4)11(14)16)12(17)10(13)8(2)3;1-2/h8-10H,5-7,13H2,1-4H3,(H2,14,16);1-2H3. The van der Waals surface area contributed by atoms with Crippen LogP contribution in [0.5, 0.6) is 0 Å². The summed E-state index contributed by atoms with van der Waals surface area (Å²) in [5.74, 6) is -0.642. The molecular formula is C14H31N3O2. The van der Waals surface area contributed by atoms with Crippen LogP contribution < -0.4 is 11.5 Å². The molecule has 2 amide bonds. The second-order valence-electron chi connectivity index (χ2n) is 4.73. The van der Waals surface area contributed by atoms with Crippen molar-refractivity contribution in [1.29, 1.82) is 0 Å². The Morgan fingerprint density at radius 3 is 1.95 bits per heavy atom. The van der Waals surface area contributed by atoms with Crippen molar-refractivity contribution in [3.8, 4) is 0 Å². The number of rotatable bonds is 7. The van der Waals surface area contributed by atoms with Crippen LogP contribution in [-0.4, -0.2) is 35.3 Å². The predicted molar refractivity (Wildman–Crippen MR) is 79.4 cm³/mol. The first-order chi connectivity index (χ1) is 8.82. The van der Waals surface area contributed by atoms with Gasteiger partial charge in [-0.3, -0.25) is 9.59 Å². The molecule has 0 saturated heterocycles. The molecule has 0 bridgehead atoms. The van der Waals surface area contributed by atoms with E-state index >= 15 is 0 Å². The van der Waals surface area contributed by atoms with Crippen LogP contribution in [0, 0.1) is 5.92 Å². The molecular weight excluding hydrogens is 242 g/mol. The molecule has 19 heavy (non-hydrogen) atoms. The predicted octanol–water partition coefficient (Wildman–Crippen LogP) is 1.50. The molecule has 114 valence electrons. The normalized spacial score (nSPS) is 13.3. The Kier molecular flexibility index (Phi) is 11.5. The second-order valence-corrected chi connectivity index (χ2v) is 4.73. The van der Waals surface area contributed by atoms with Crippen LogP contribution in [-0.2, 0) is 9.59 Å². The van der Waals surface area contributed by atoms with Gasteiger partial charge in [0.05, 0.1) is 6.04 Å². The maximum atomic E-state index is 12.1. The third-order valence-corrected chi connectivity index (χ3v) is 2.92. The van der Waals surface area contributed by atoms with Gasteiger partial charge in [-0.05, 0) is 19.3 Å². The zero-order valence-electron chi connectivity index (χ0n) is 13.3. The molecule has 0 aliphatic carbocycles. The zero-order valence-corrected chi connectivity index (χ0v) is 13.3. The van der Waals surface area contributed by atoms with Crippen molar-refractivity contribution in [2.24, 2.45) is 17.4 Å². The summed E-state index contributed by atoms with van der Waals surface area (Å²) < 4.78 is 0. The van der Waals surface area contributed by atoms with Crippen molar-refractivity contribution < 1.29 is 9.59 Å². The third-order valence-electron chi connectivity index (χ3n) is 2.92. The van der Waals surface area contributed by atoms with E-state index < -0.39 is 18.0 Å². The first-order valence-electron chi connectivity index (χ1n) is 7.18. The van der Waals surface area contributed by atoms with E-state index in [-0.39, 0.29) is 11.8 Å². The molecule has 0 aliphatic heterocycles. The number of amides is 2. The first kappa shape index (κ1) is 20.2. The van der Waals surface area contributed by atoms with Crippen LogP contribution in [0.4, 0.5) is 0 Å². The molecule has 0 rings (SSSR count). The fraction of sp³-hybridized carbons (Fsp3) is 0.857. The summed E-state index contributed by atoms with van der Waals surface area (Å²) in [5, 5.41) is 0. The van der Waals surface area contributed by atoms with Crippen molar-refractivity contribution in [3.63, 3.8) is 0 Å². The number of hydrogen-bond acceptors (Lipinski definition) is 3. The first-order valence-corrected chi connectivity index (χ1v) is 7.18. The summed E-state index contributed by atoms with van der Waals surface area (Å²) in [5.41, 5.74) is 11.1. The number of nitrogens with zero attached hydrogens (tertiary/aromatic N) is 1. The molecule has 4 N–H and O–H groups in total. The molecule has 0 fully saturated rings. The highest BCUT2D eigenvalue weighted by atomic mass is 16.2. The topological polar surface area (TPSA) is 89.4 Å². The lowest BCUT2D eigenvalue weighted by atomic mass is 10.0. The number of unbranched alkanes of at least 4 members (excludes halogenated alkanes) is 1. The highest BCUT2D eigenvalue weighted by Crippen LogP contribution is 2.09. The van der Waals surface area contributed by atoms with Gasteiger partial charge in [-0.1, -0.05) is 41.0 Å². The molecule has 0 aliphatic rings. The molecule has 0 radical (unpaired) electrons. The van der Waals surface area contributed by atoms with E-state index in [0.29, 0.717) is 6.54 Å². The van der Waals surface area contributed by atoms with E-state index in [1.165, 1.54) is 4.90 Å². The van der Waals surface area contributed by atoms with Crippen LogP contribution >= 0.6 is 0 Å². The van der Waals surface area contributed by atoms with Crippen LogP contribution in [0.15, 0.2) is 0 Å². The number of nitrogens with two attached hydrogens (primary N) is 2. The second kappa shape index (κ2) is 10.8. The summed E-state index contributed by atoms with van der Waals surface area (Å²) in [6, 6.07) is -1.17. The van der Waals surface area contributed by atoms with Gasteiger partial charge in [-0.15, -0.1) is 0 Å². The average molecular weight is 273 g/mol. The Morgan fingerprint density at radius 1 is 1.16 bits per heavy atom. The van der Waals surface area contributed by atoms with Crippen LogP contribution in [0.2, 0.25) is 0 Å². The summed E-state index contributed by atoms with van der Waals surface area (Å²) >= 11 is 0. The Morgan fingerprint density at radius 2 is 1.63 bits per heavy atom. The lowest BCUT2D eigenvalue weighted by Crippen LogP contribution is -2.53. The minimum absolute atomic E-state index is 0.0479. The SMILES string of the molecule is CC.CCCCN(C(=O)C(N)C(C)C)C(C)C(N)=O. The molecule has 0 heterocycles. The smallest absolute Gasteiger partial charge is 0.240 e. The van der Waals surface area contributed by atoms with Crippen LogP contribution in [0.25, 0.3) is 0 Å². The molecule has 2 atom stereocenters. The molecule has 0 saturated carbocycles. The maximum absolute atomic E-state index is 12.1. The van der Waals surface area contributed by atoms with Gasteiger partial charge < -0.3 is 16.4 Å². The molecule has 2 unspecified atom stereocenters. The number of primary amides is 1. The molecule has 0 aromatic carbocycles. The van der Waals surface area contributed by atoms with Gasteiger partial charge in [0.15, 0.2) is 0 Å². The number of carbonyl (C=O) groups is 2. The number of carbonyl (C=O) groups excluding carboxylic acids is 2. The minimum Gasteiger partial charge on any atom is -0.368 e. The van der Waals surface area contributed by atoms with Crippen LogP contribution in [0.1, 0.15) is 54.4 Å². The Bertz CT molecular complexity index is 267. The Labute approximate surface area is 117 Å². The van der Waals surface area contributed by atoms with Crippen molar-refractivity contribution in [1.82, 2.24) is 4.90 Å². The quantitative estimate of drug-likeness (QED) is 0.736. The lowest BCUT2D eigenvalue weighted by Gasteiger charge is -2.30. The molecule has 5 nitrogen and oxygen atoms in total. The largest absolute Gasteiger partial charge is 0.368 e. The number of hydrogen-bond donors (Lipinski definition) is 2. The van der Waals surface area contributed by atoms with Crippen molar-refractivity contribution in [3.05, 3.63) is 0 Å². The van der Waals surface area contributed by atoms with Crippen LogP contribution in [0.3, 0.4) is 0 Å². The van der Waals surface area contributed by atoms with Crippen molar-refractivity contribution in [2.45, 2.75) is 66.5 Å². The molecule has 0 spiro atoms.